The second-order valence-corrected chi connectivity index (χ2v) is 4.51. The van der Waals surface area contributed by atoms with Gasteiger partial charge in [-0.3, -0.25) is 10.1 Å². The molecule has 0 heterocycles. The summed E-state index contributed by atoms with van der Waals surface area (Å²) in [6, 6.07) is 9.83. The molecule has 6 heteroatoms. The molecule has 0 aliphatic rings. The first kappa shape index (κ1) is 14.1. The molecule has 0 atom stereocenters. The second-order valence-electron chi connectivity index (χ2n) is 4.10. The Balaban J connectivity index is 2.45. The summed E-state index contributed by atoms with van der Waals surface area (Å²) in [5, 5.41) is 11.1. The van der Waals surface area contributed by atoms with Crippen LogP contribution in [0, 0.1) is 17.0 Å². The van der Waals surface area contributed by atoms with Crippen molar-refractivity contribution in [3.8, 4) is 17.2 Å². The first-order chi connectivity index (χ1) is 9.52. The summed E-state index contributed by atoms with van der Waals surface area (Å²) in [6.45, 7) is 1.91. The van der Waals surface area contributed by atoms with Gasteiger partial charge in [0.2, 0.25) is 5.75 Å². The maximum Gasteiger partial charge on any atom is 0.329 e. The van der Waals surface area contributed by atoms with Gasteiger partial charge in [0.15, 0.2) is 11.5 Å². The highest BCUT2D eigenvalue weighted by molar-refractivity contribution is 6.32. The monoisotopic (exact) mass is 293 g/mol. The lowest BCUT2D eigenvalue weighted by atomic mass is 10.2. The van der Waals surface area contributed by atoms with Crippen molar-refractivity contribution in [2.75, 3.05) is 7.11 Å². The first-order valence-electron chi connectivity index (χ1n) is 5.78. The zero-order valence-electron chi connectivity index (χ0n) is 10.9. The van der Waals surface area contributed by atoms with E-state index in [1.807, 2.05) is 13.0 Å². The number of halogens is 1. The quantitative estimate of drug-likeness (QED) is 0.621. The largest absolute Gasteiger partial charge is 0.493 e. The smallest absolute Gasteiger partial charge is 0.329 e. The van der Waals surface area contributed by atoms with Crippen LogP contribution in [0.25, 0.3) is 0 Å². The van der Waals surface area contributed by atoms with Crippen molar-refractivity contribution in [3.63, 3.8) is 0 Å². The molecule has 0 saturated heterocycles. The van der Waals surface area contributed by atoms with Gasteiger partial charge >= 0.3 is 5.69 Å². The summed E-state index contributed by atoms with van der Waals surface area (Å²) in [7, 11) is 1.51. The first-order valence-corrected chi connectivity index (χ1v) is 6.16. The highest BCUT2D eigenvalue weighted by atomic mass is 35.5. The highest BCUT2D eigenvalue weighted by Gasteiger charge is 2.21. The van der Waals surface area contributed by atoms with Crippen molar-refractivity contribution in [1.82, 2.24) is 0 Å². The Morgan fingerprint density at radius 2 is 1.90 bits per heavy atom. The molecule has 2 aromatic rings. The number of methoxy groups -OCH3 is 1. The number of hydrogen-bond acceptors (Lipinski definition) is 4. The molecule has 0 aromatic heterocycles. The lowest BCUT2D eigenvalue weighted by Gasteiger charge is -2.11. The van der Waals surface area contributed by atoms with Crippen molar-refractivity contribution < 1.29 is 14.4 Å². The van der Waals surface area contributed by atoms with Crippen LogP contribution in [0.2, 0.25) is 5.02 Å². The van der Waals surface area contributed by atoms with Gasteiger partial charge in [-0.1, -0.05) is 23.7 Å². The number of benzene rings is 2. The van der Waals surface area contributed by atoms with Crippen LogP contribution >= 0.6 is 11.6 Å². The summed E-state index contributed by atoms with van der Waals surface area (Å²) in [5.74, 6) is 0.965. The summed E-state index contributed by atoms with van der Waals surface area (Å²) >= 11 is 5.84. The van der Waals surface area contributed by atoms with Gasteiger partial charge < -0.3 is 9.47 Å². The predicted octanol–water partition coefficient (Wildman–Crippen LogP) is 4.36. The number of para-hydroxylation sites is 1. The normalized spacial score (nSPS) is 10.2. The number of aryl methyl sites for hydroxylation is 1. The minimum atomic E-state index is -0.571. The Kier molecular flexibility index (Phi) is 4.10. The van der Waals surface area contributed by atoms with E-state index in [0.717, 1.165) is 5.56 Å². The molecular formula is C14H12ClNO4. The average molecular weight is 294 g/mol. The third-order valence-electron chi connectivity index (χ3n) is 2.67. The van der Waals surface area contributed by atoms with E-state index in [1.165, 1.54) is 19.2 Å². The molecule has 0 amide bonds. The Labute approximate surface area is 120 Å². The number of nitrogens with zero attached hydrogens (tertiary/aromatic N) is 1. The third-order valence-corrected chi connectivity index (χ3v) is 2.98. The summed E-state index contributed by atoms with van der Waals surface area (Å²) in [4.78, 5) is 10.5. The fourth-order valence-electron chi connectivity index (χ4n) is 1.73. The minimum Gasteiger partial charge on any atom is -0.493 e. The Hall–Kier alpha value is -2.27. The van der Waals surface area contributed by atoms with E-state index in [-0.39, 0.29) is 16.5 Å². The van der Waals surface area contributed by atoms with Crippen LogP contribution in [0.4, 0.5) is 5.69 Å². The number of rotatable bonds is 4. The molecule has 0 N–H and O–H groups in total. The van der Waals surface area contributed by atoms with Crippen molar-refractivity contribution in [3.05, 3.63) is 57.1 Å². The molecule has 0 aliphatic heterocycles. The van der Waals surface area contributed by atoms with Gasteiger partial charge in [0.1, 0.15) is 5.02 Å². The van der Waals surface area contributed by atoms with Crippen LogP contribution in [-0.2, 0) is 0 Å². The zero-order chi connectivity index (χ0) is 14.7. The Morgan fingerprint density at radius 1 is 1.15 bits per heavy atom. The predicted molar refractivity (Wildman–Crippen MR) is 75.9 cm³/mol. The lowest BCUT2D eigenvalue weighted by Crippen LogP contribution is -1.96. The van der Waals surface area contributed by atoms with Crippen LogP contribution in [0.1, 0.15) is 5.56 Å². The highest BCUT2D eigenvalue weighted by Crippen LogP contribution is 2.39. The molecule has 0 spiro atoms. The molecule has 0 unspecified atom stereocenters. The minimum absolute atomic E-state index is 0.0265. The van der Waals surface area contributed by atoms with E-state index < -0.39 is 4.92 Å². The van der Waals surface area contributed by atoms with Crippen molar-refractivity contribution in [1.29, 1.82) is 0 Å². The fourth-order valence-corrected chi connectivity index (χ4v) is 1.97. The van der Waals surface area contributed by atoms with Crippen LogP contribution in [0.5, 0.6) is 17.2 Å². The van der Waals surface area contributed by atoms with Gasteiger partial charge in [0, 0.05) is 0 Å². The van der Waals surface area contributed by atoms with Gasteiger partial charge in [-0.2, -0.15) is 0 Å². The summed E-state index contributed by atoms with van der Waals surface area (Å²) in [5.41, 5.74) is 0.728. The molecule has 5 nitrogen and oxygen atoms in total. The molecule has 0 radical (unpaired) electrons. The van der Waals surface area contributed by atoms with Crippen molar-refractivity contribution >= 4 is 17.3 Å². The van der Waals surface area contributed by atoms with E-state index in [0.29, 0.717) is 11.5 Å². The standard InChI is InChI=1S/C14H12ClNO4/c1-9-6-7-11(13(8-9)19-2)20-12-5-3-4-10(15)14(12)16(17)18/h3-8H,1-2H3. The second kappa shape index (κ2) is 5.79. The lowest BCUT2D eigenvalue weighted by molar-refractivity contribution is -0.385. The number of hydrogen-bond donors (Lipinski definition) is 0. The Bertz CT molecular complexity index is 658. The van der Waals surface area contributed by atoms with Crippen LogP contribution in [0.3, 0.4) is 0 Å². The van der Waals surface area contributed by atoms with Crippen molar-refractivity contribution in [2.24, 2.45) is 0 Å². The average Bonchev–Trinajstić information content (AvgIpc) is 2.40. The van der Waals surface area contributed by atoms with E-state index in [9.17, 15) is 10.1 Å². The fraction of sp³-hybridized carbons (Fsp3) is 0.143. The van der Waals surface area contributed by atoms with Gasteiger partial charge in [0.25, 0.3) is 0 Å². The molecular weight excluding hydrogens is 282 g/mol. The zero-order valence-corrected chi connectivity index (χ0v) is 11.7. The Morgan fingerprint density at radius 3 is 2.55 bits per heavy atom. The molecule has 2 rings (SSSR count). The molecule has 20 heavy (non-hydrogen) atoms. The van der Waals surface area contributed by atoms with Crippen molar-refractivity contribution in [2.45, 2.75) is 6.92 Å². The molecule has 104 valence electrons. The maximum absolute atomic E-state index is 11.1. The van der Waals surface area contributed by atoms with Crippen LogP contribution in [0.15, 0.2) is 36.4 Å². The van der Waals surface area contributed by atoms with E-state index >= 15 is 0 Å². The molecule has 0 aliphatic carbocycles. The van der Waals surface area contributed by atoms with Gasteiger partial charge in [0.05, 0.1) is 12.0 Å². The van der Waals surface area contributed by atoms with E-state index in [1.54, 1.807) is 18.2 Å². The van der Waals surface area contributed by atoms with Gasteiger partial charge in [-0.25, -0.2) is 0 Å². The molecule has 0 saturated carbocycles. The number of nitro groups is 1. The molecule has 0 fully saturated rings. The number of ether oxygens (including phenoxy) is 2. The topological polar surface area (TPSA) is 61.6 Å². The van der Waals surface area contributed by atoms with E-state index in [2.05, 4.69) is 0 Å². The SMILES string of the molecule is COc1cc(C)ccc1Oc1cccc(Cl)c1[N+](=O)[O-]. The molecule has 0 bridgehead atoms. The van der Waals surface area contributed by atoms with Gasteiger partial charge in [-0.05, 0) is 36.8 Å². The number of nitro benzene ring substituents is 1. The third kappa shape index (κ3) is 2.83. The van der Waals surface area contributed by atoms with Gasteiger partial charge in [-0.15, -0.1) is 0 Å². The van der Waals surface area contributed by atoms with Crippen LogP contribution in [-0.4, -0.2) is 12.0 Å². The summed E-state index contributed by atoms with van der Waals surface area (Å²) < 4.78 is 10.8. The molecule has 2 aromatic carbocycles. The summed E-state index contributed by atoms with van der Waals surface area (Å²) in [6.07, 6.45) is 0. The van der Waals surface area contributed by atoms with E-state index in [4.69, 9.17) is 21.1 Å². The van der Waals surface area contributed by atoms with Crippen LogP contribution < -0.4 is 9.47 Å². The maximum atomic E-state index is 11.1.